The van der Waals surface area contributed by atoms with Crippen molar-refractivity contribution < 1.29 is 14.3 Å². The summed E-state index contributed by atoms with van der Waals surface area (Å²) >= 11 is 1.28. The minimum Gasteiger partial charge on any atom is -0.443 e. The van der Waals surface area contributed by atoms with E-state index in [4.69, 9.17) is 10.5 Å². The molecule has 1 aromatic heterocycles. The summed E-state index contributed by atoms with van der Waals surface area (Å²) in [5.74, 6) is 0. The molecule has 0 spiro atoms. The molecule has 0 aliphatic rings. The molecule has 15 heavy (non-hydrogen) atoms. The number of carbonyl (C=O) groups is 2. The molecule has 0 fully saturated rings. The van der Waals surface area contributed by atoms with E-state index in [-0.39, 0.29) is 0 Å². The summed E-state index contributed by atoms with van der Waals surface area (Å²) in [4.78, 5) is 25.8. The Morgan fingerprint density at radius 2 is 2.40 bits per heavy atom. The van der Waals surface area contributed by atoms with Gasteiger partial charge >= 0.3 is 6.09 Å². The quantitative estimate of drug-likeness (QED) is 0.789. The fraction of sp³-hybridized carbons (Fsp3) is 0.444. The SMILES string of the molecule is CC(C)(Cc1cnc(C=O)s1)OC(N)=O. The third kappa shape index (κ3) is 3.67. The van der Waals surface area contributed by atoms with Crippen LogP contribution in [0, 0.1) is 0 Å². The number of thiazole rings is 1. The molecule has 0 atom stereocenters. The van der Waals surface area contributed by atoms with Crippen molar-refractivity contribution in [3.8, 4) is 0 Å². The van der Waals surface area contributed by atoms with Crippen LogP contribution in [0.1, 0.15) is 28.5 Å². The number of hydrogen-bond donors (Lipinski definition) is 1. The van der Waals surface area contributed by atoms with Crippen molar-refractivity contribution in [3.05, 3.63) is 16.1 Å². The van der Waals surface area contributed by atoms with E-state index in [1.807, 2.05) is 0 Å². The van der Waals surface area contributed by atoms with Gasteiger partial charge in [0.05, 0.1) is 0 Å². The maximum atomic E-state index is 10.6. The van der Waals surface area contributed by atoms with E-state index in [9.17, 15) is 9.59 Å². The highest BCUT2D eigenvalue weighted by molar-refractivity contribution is 7.13. The van der Waals surface area contributed by atoms with Crippen LogP contribution in [0.15, 0.2) is 6.20 Å². The van der Waals surface area contributed by atoms with E-state index in [1.54, 1.807) is 20.0 Å². The number of aldehydes is 1. The Morgan fingerprint density at radius 1 is 1.73 bits per heavy atom. The molecular weight excluding hydrogens is 216 g/mol. The number of amides is 1. The average molecular weight is 228 g/mol. The van der Waals surface area contributed by atoms with Gasteiger partial charge in [0.1, 0.15) is 5.60 Å². The van der Waals surface area contributed by atoms with Crippen LogP contribution in [0.4, 0.5) is 4.79 Å². The van der Waals surface area contributed by atoms with Crippen LogP contribution in [0.2, 0.25) is 0 Å². The molecule has 0 aliphatic heterocycles. The molecule has 1 aromatic rings. The normalized spacial score (nSPS) is 11.1. The molecule has 0 saturated heterocycles. The molecule has 1 rings (SSSR count). The number of rotatable bonds is 4. The minimum absolute atomic E-state index is 0.417. The van der Waals surface area contributed by atoms with Crippen LogP contribution in [0.5, 0.6) is 0 Å². The van der Waals surface area contributed by atoms with E-state index in [2.05, 4.69) is 4.98 Å². The van der Waals surface area contributed by atoms with E-state index < -0.39 is 11.7 Å². The molecule has 82 valence electrons. The van der Waals surface area contributed by atoms with Gasteiger partial charge in [-0.15, -0.1) is 11.3 Å². The Morgan fingerprint density at radius 3 is 2.87 bits per heavy atom. The Bertz CT molecular complexity index is 373. The molecule has 2 N–H and O–H groups in total. The van der Waals surface area contributed by atoms with Gasteiger partial charge in [0.15, 0.2) is 11.3 Å². The summed E-state index contributed by atoms with van der Waals surface area (Å²) in [6.45, 7) is 3.50. The van der Waals surface area contributed by atoms with Gasteiger partial charge < -0.3 is 10.5 Å². The molecule has 5 nitrogen and oxygen atoms in total. The molecule has 0 unspecified atom stereocenters. The molecule has 0 aliphatic carbocycles. The second kappa shape index (κ2) is 4.39. The highest BCUT2D eigenvalue weighted by Gasteiger charge is 2.23. The Balaban J connectivity index is 2.67. The zero-order chi connectivity index (χ0) is 11.5. The molecule has 6 heteroatoms. The second-order valence-corrected chi connectivity index (χ2v) is 4.79. The predicted molar refractivity (Wildman–Crippen MR) is 56.0 cm³/mol. The van der Waals surface area contributed by atoms with Crippen LogP contribution in [0.3, 0.4) is 0 Å². The lowest BCUT2D eigenvalue weighted by Crippen LogP contribution is -2.32. The molecule has 1 heterocycles. The summed E-state index contributed by atoms with van der Waals surface area (Å²) < 4.78 is 4.91. The second-order valence-electron chi connectivity index (χ2n) is 3.64. The van der Waals surface area contributed by atoms with E-state index in [0.29, 0.717) is 17.7 Å². The number of aromatic nitrogens is 1. The van der Waals surface area contributed by atoms with Gasteiger partial charge in [-0.1, -0.05) is 0 Å². The lowest BCUT2D eigenvalue weighted by atomic mass is 10.0. The van der Waals surface area contributed by atoms with E-state index in [1.165, 1.54) is 11.3 Å². The highest BCUT2D eigenvalue weighted by atomic mass is 32.1. The standard InChI is InChI=1S/C9H12N2O3S/c1-9(2,14-8(10)13)3-6-4-11-7(5-12)15-6/h4-5H,3H2,1-2H3,(H2,10,13). The van der Waals surface area contributed by atoms with E-state index in [0.717, 1.165) is 4.88 Å². The van der Waals surface area contributed by atoms with Crippen LogP contribution in [-0.2, 0) is 11.2 Å². The van der Waals surface area contributed by atoms with Crippen molar-refractivity contribution in [1.29, 1.82) is 0 Å². The first-order chi connectivity index (χ1) is 6.93. The molecule has 0 aromatic carbocycles. The number of ether oxygens (including phenoxy) is 1. The number of hydrogen-bond acceptors (Lipinski definition) is 5. The van der Waals surface area contributed by atoms with Gasteiger partial charge in [-0.25, -0.2) is 9.78 Å². The summed E-state index contributed by atoms with van der Waals surface area (Å²) in [5.41, 5.74) is 4.25. The molecule has 0 saturated carbocycles. The maximum Gasteiger partial charge on any atom is 0.405 e. The molecule has 0 bridgehead atoms. The van der Waals surface area contributed by atoms with Crippen molar-refractivity contribution in [2.75, 3.05) is 0 Å². The number of nitrogens with zero attached hydrogens (tertiary/aromatic N) is 1. The van der Waals surface area contributed by atoms with Gasteiger partial charge in [-0.2, -0.15) is 0 Å². The summed E-state index contributed by atoms with van der Waals surface area (Å²) in [6, 6.07) is 0. The zero-order valence-electron chi connectivity index (χ0n) is 8.52. The van der Waals surface area contributed by atoms with Crippen LogP contribution < -0.4 is 5.73 Å². The number of carbonyl (C=O) groups excluding carboxylic acids is 2. The van der Waals surface area contributed by atoms with Crippen LogP contribution >= 0.6 is 11.3 Å². The summed E-state index contributed by atoms with van der Waals surface area (Å²) in [5, 5.41) is 0.417. The Hall–Kier alpha value is -1.43. The summed E-state index contributed by atoms with van der Waals surface area (Å²) in [6.07, 6.45) is 1.97. The monoisotopic (exact) mass is 228 g/mol. The maximum absolute atomic E-state index is 10.6. The van der Waals surface area contributed by atoms with E-state index >= 15 is 0 Å². The Labute approximate surface area is 91.3 Å². The smallest absolute Gasteiger partial charge is 0.405 e. The topological polar surface area (TPSA) is 82.3 Å². The van der Waals surface area contributed by atoms with Gasteiger partial charge in [-0.05, 0) is 13.8 Å². The average Bonchev–Trinajstić information content (AvgIpc) is 2.48. The van der Waals surface area contributed by atoms with Crippen molar-refractivity contribution in [1.82, 2.24) is 4.98 Å². The fourth-order valence-electron chi connectivity index (χ4n) is 1.19. The van der Waals surface area contributed by atoms with Gasteiger partial charge in [0.25, 0.3) is 0 Å². The van der Waals surface area contributed by atoms with Crippen LogP contribution in [0.25, 0.3) is 0 Å². The first kappa shape index (κ1) is 11.6. The third-order valence-electron chi connectivity index (χ3n) is 1.65. The highest BCUT2D eigenvalue weighted by Crippen LogP contribution is 2.21. The lowest BCUT2D eigenvalue weighted by molar-refractivity contribution is 0.0466. The van der Waals surface area contributed by atoms with Crippen molar-refractivity contribution in [2.45, 2.75) is 25.9 Å². The van der Waals surface area contributed by atoms with Crippen molar-refractivity contribution >= 4 is 23.7 Å². The first-order valence-corrected chi connectivity index (χ1v) is 5.13. The lowest BCUT2D eigenvalue weighted by Gasteiger charge is -2.22. The Kier molecular flexibility index (Phi) is 3.41. The molecule has 0 radical (unpaired) electrons. The van der Waals surface area contributed by atoms with Crippen molar-refractivity contribution in [2.24, 2.45) is 5.73 Å². The van der Waals surface area contributed by atoms with Gasteiger partial charge in [-0.3, -0.25) is 4.79 Å². The van der Waals surface area contributed by atoms with Crippen LogP contribution in [-0.4, -0.2) is 23.0 Å². The number of nitrogens with two attached hydrogens (primary N) is 1. The largest absolute Gasteiger partial charge is 0.443 e. The minimum atomic E-state index is -0.805. The molecule has 1 amide bonds. The van der Waals surface area contributed by atoms with Gasteiger partial charge in [0.2, 0.25) is 0 Å². The molecular formula is C9H12N2O3S. The van der Waals surface area contributed by atoms with Crippen molar-refractivity contribution in [3.63, 3.8) is 0 Å². The number of primary amides is 1. The third-order valence-corrected chi connectivity index (χ3v) is 2.57. The van der Waals surface area contributed by atoms with Gasteiger partial charge in [0, 0.05) is 17.5 Å². The predicted octanol–water partition coefficient (Wildman–Crippen LogP) is 1.37. The first-order valence-electron chi connectivity index (χ1n) is 4.31. The fourth-order valence-corrected chi connectivity index (χ4v) is 2.13. The zero-order valence-corrected chi connectivity index (χ0v) is 9.34. The summed E-state index contributed by atoms with van der Waals surface area (Å²) in [7, 11) is 0.